The number of rotatable bonds is 2. The predicted octanol–water partition coefficient (Wildman–Crippen LogP) is 1.90. The monoisotopic (exact) mass is 285 g/mol. The smallest absolute Gasteiger partial charge is 0.410 e. The molecule has 0 aromatic heterocycles. The summed E-state index contributed by atoms with van der Waals surface area (Å²) in [6.07, 6.45) is 1.69. The standard InChI is InChI=1S/C14H27N3O3/c1-14(2,3)20-13(19)16(5)9-11-7-6-8-17(10-11)12(18)15-4/h11H,6-10H2,1-5H3,(H,15,18). The van der Waals surface area contributed by atoms with E-state index in [1.54, 1.807) is 23.9 Å². The lowest BCUT2D eigenvalue weighted by Gasteiger charge is -2.34. The summed E-state index contributed by atoms with van der Waals surface area (Å²) >= 11 is 0. The van der Waals surface area contributed by atoms with Crippen molar-refractivity contribution in [3.63, 3.8) is 0 Å². The fourth-order valence-electron chi connectivity index (χ4n) is 2.36. The Morgan fingerprint density at radius 2 is 2.05 bits per heavy atom. The molecule has 6 heteroatoms. The van der Waals surface area contributed by atoms with Gasteiger partial charge in [0, 0.05) is 33.7 Å². The Morgan fingerprint density at radius 1 is 1.40 bits per heavy atom. The first-order chi connectivity index (χ1) is 9.23. The minimum Gasteiger partial charge on any atom is -0.444 e. The van der Waals surface area contributed by atoms with E-state index >= 15 is 0 Å². The van der Waals surface area contributed by atoms with E-state index in [-0.39, 0.29) is 12.1 Å². The zero-order valence-corrected chi connectivity index (χ0v) is 13.2. The number of likely N-dealkylation sites (tertiary alicyclic amines) is 1. The molecule has 1 fully saturated rings. The quantitative estimate of drug-likeness (QED) is 0.843. The Balaban J connectivity index is 2.47. The van der Waals surface area contributed by atoms with E-state index in [9.17, 15) is 9.59 Å². The summed E-state index contributed by atoms with van der Waals surface area (Å²) in [5, 5.41) is 2.64. The maximum Gasteiger partial charge on any atom is 0.410 e. The van der Waals surface area contributed by atoms with E-state index in [4.69, 9.17) is 4.74 Å². The van der Waals surface area contributed by atoms with Gasteiger partial charge in [0.05, 0.1) is 0 Å². The van der Waals surface area contributed by atoms with Gasteiger partial charge in [-0.05, 0) is 39.5 Å². The van der Waals surface area contributed by atoms with Crippen LogP contribution in [0.15, 0.2) is 0 Å². The van der Waals surface area contributed by atoms with Crippen molar-refractivity contribution in [2.45, 2.75) is 39.2 Å². The average Bonchev–Trinajstić information content (AvgIpc) is 2.36. The average molecular weight is 285 g/mol. The second kappa shape index (κ2) is 6.81. The van der Waals surface area contributed by atoms with Gasteiger partial charge in [-0.3, -0.25) is 0 Å². The number of hydrogen-bond acceptors (Lipinski definition) is 3. The maximum absolute atomic E-state index is 11.9. The molecule has 1 rings (SSSR count). The number of amides is 3. The first-order valence-electron chi connectivity index (χ1n) is 7.13. The van der Waals surface area contributed by atoms with Crippen molar-refractivity contribution >= 4 is 12.1 Å². The van der Waals surface area contributed by atoms with Crippen LogP contribution >= 0.6 is 0 Å². The second-order valence-corrected chi connectivity index (χ2v) is 6.37. The number of nitrogens with zero attached hydrogens (tertiary/aromatic N) is 2. The van der Waals surface area contributed by atoms with Crippen LogP contribution in [0.5, 0.6) is 0 Å². The molecule has 0 aromatic carbocycles. The van der Waals surface area contributed by atoms with E-state index in [1.165, 1.54) is 0 Å². The molecular formula is C14H27N3O3. The van der Waals surface area contributed by atoms with Crippen LogP contribution in [0.1, 0.15) is 33.6 Å². The number of hydrogen-bond donors (Lipinski definition) is 1. The molecule has 3 amide bonds. The van der Waals surface area contributed by atoms with Gasteiger partial charge in [0.1, 0.15) is 5.60 Å². The highest BCUT2D eigenvalue weighted by Gasteiger charge is 2.26. The zero-order valence-electron chi connectivity index (χ0n) is 13.2. The predicted molar refractivity (Wildman–Crippen MR) is 77.6 cm³/mol. The summed E-state index contributed by atoms with van der Waals surface area (Å²) in [5.41, 5.74) is -0.480. The Hall–Kier alpha value is -1.46. The summed E-state index contributed by atoms with van der Waals surface area (Å²) < 4.78 is 5.33. The van der Waals surface area contributed by atoms with Gasteiger partial charge in [0.15, 0.2) is 0 Å². The highest BCUT2D eigenvalue weighted by molar-refractivity contribution is 5.73. The van der Waals surface area contributed by atoms with Gasteiger partial charge in [-0.2, -0.15) is 0 Å². The fourth-order valence-corrected chi connectivity index (χ4v) is 2.36. The minimum atomic E-state index is -0.480. The third-order valence-corrected chi connectivity index (χ3v) is 3.26. The lowest BCUT2D eigenvalue weighted by Crippen LogP contribution is -2.47. The van der Waals surface area contributed by atoms with Crippen LogP contribution in [0, 0.1) is 5.92 Å². The molecule has 0 spiro atoms. The highest BCUT2D eigenvalue weighted by atomic mass is 16.6. The Bertz CT molecular complexity index is 352. The Kier molecular flexibility index (Phi) is 5.65. The van der Waals surface area contributed by atoms with Gasteiger partial charge in [-0.15, -0.1) is 0 Å². The minimum absolute atomic E-state index is 0.0466. The molecule has 116 valence electrons. The van der Waals surface area contributed by atoms with Gasteiger partial charge < -0.3 is 19.9 Å². The van der Waals surface area contributed by atoms with Crippen molar-refractivity contribution in [1.82, 2.24) is 15.1 Å². The first-order valence-corrected chi connectivity index (χ1v) is 7.13. The van der Waals surface area contributed by atoms with Gasteiger partial charge in [-0.1, -0.05) is 0 Å². The molecule has 1 N–H and O–H groups in total. The van der Waals surface area contributed by atoms with Crippen molar-refractivity contribution in [2.24, 2.45) is 5.92 Å². The van der Waals surface area contributed by atoms with E-state index in [2.05, 4.69) is 5.32 Å². The zero-order chi connectivity index (χ0) is 15.3. The van der Waals surface area contributed by atoms with Crippen LogP contribution in [0.25, 0.3) is 0 Å². The van der Waals surface area contributed by atoms with Crippen molar-refractivity contribution in [1.29, 1.82) is 0 Å². The Morgan fingerprint density at radius 3 is 2.60 bits per heavy atom. The van der Waals surface area contributed by atoms with Crippen LogP contribution in [-0.2, 0) is 4.74 Å². The molecule has 1 saturated heterocycles. The largest absolute Gasteiger partial charge is 0.444 e. The maximum atomic E-state index is 11.9. The van der Waals surface area contributed by atoms with Crippen molar-refractivity contribution in [3.8, 4) is 0 Å². The van der Waals surface area contributed by atoms with Crippen LogP contribution in [0.3, 0.4) is 0 Å². The SMILES string of the molecule is CNC(=O)N1CCCC(CN(C)C(=O)OC(C)(C)C)C1. The number of carbonyl (C=O) groups excluding carboxylic acids is 2. The van der Waals surface area contributed by atoms with Crippen LogP contribution in [-0.4, -0.2) is 61.3 Å². The normalized spacial score (nSPS) is 19.4. The summed E-state index contributed by atoms with van der Waals surface area (Å²) in [6, 6.07) is -0.0466. The van der Waals surface area contributed by atoms with Gasteiger partial charge >= 0.3 is 12.1 Å². The lowest BCUT2D eigenvalue weighted by molar-refractivity contribution is 0.0253. The van der Waals surface area contributed by atoms with Crippen LogP contribution < -0.4 is 5.32 Å². The van der Waals surface area contributed by atoms with Crippen molar-refractivity contribution in [3.05, 3.63) is 0 Å². The number of urea groups is 1. The van der Waals surface area contributed by atoms with Crippen molar-refractivity contribution < 1.29 is 14.3 Å². The molecule has 0 saturated carbocycles. The third kappa shape index (κ3) is 5.27. The number of carbonyl (C=O) groups is 2. The molecule has 1 heterocycles. The number of piperidine rings is 1. The summed E-state index contributed by atoms with van der Waals surface area (Å²) in [7, 11) is 3.38. The molecular weight excluding hydrogens is 258 g/mol. The van der Waals surface area contributed by atoms with Crippen molar-refractivity contribution in [2.75, 3.05) is 33.7 Å². The molecule has 0 radical (unpaired) electrons. The van der Waals surface area contributed by atoms with Crippen LogP contribution in [0.4, 0.5) is 9.59 Å². The summed E-state index contributed by atoms with van der Waals surface area (Å²) in [5.74, 6) is 0.304. The fraction of sp³-hybridized carbons (Fsp3) is 0.857. The van der Waals surface area contributed by atoms with Crippen LogP contribution in [0.2, 0.25) is 0 Å². The molecule has 0 bridgehead atoms. The van der Waals surface area contributed by atoms with Gasteiger partial charge in [0.2, 0.25) is 0 Å². The Labute approximate surface area is 121 Å². The van der Waals surface area contributed by atoms with E-state index in [0.717, 1.165) is 19.4 Å². The second-order valence-electron chi connectivity index (χ2n) is 6.37. The van der Waals surface area contributed by atoms with Gasteiger partial charge in [0.25, 0.3) is 0 Å². The highest BCUT2D eigenvalue weighted by Crippen LogP contribution is 2.18. The molecule has 6 nitrogen and oxygen atoms in total. The molecule has 0 aliphatic carbocycles. The third-order valence-electron chi connectivity index (χ3n) is 3.26. The number of ether oxygens (including phenoxy) is 1. The lowest BCUT2D eigenvalue weighted by atomic mass is 9.98. The molecule has 1 aliphatic heterocycles. The van der Waals surface area contributed by atoms with E-state index < -0.39 is 5.60 Å². The topological polar surface area (TPSA) is 61.9 Å². The first kappa shape index (κ1) is 16.6. The summed E-state index contributed by atoms with van der Waals surface area (Å²) in [4.78, 5) is 26.9. The summed E-state index contributed by atoms with van der Waals surface area (Å²) in [6.45, 7) is 7.65. The molecule has 20 heavy (non-hydrogen) atoms. The molecule has 1 unspecified atom stereocenters. The molecule has 1 atom stereocenters. The molecule has 1 aliphatic rings. The van der Waals surface area contributed by atoms with Gasteiger partial charge in [-0.25, -0.2) is 9.59 Å². The molecule has 0 aromatic rings. The van der Waals surface area contributed by atoms with E-state index in [0.29, 0.717) is 19.0 Å². The number of nitrogens with one attached hydrogen (secondary N) is 1. The van der Waals surface area contributed by atoms with E-state index in [1.807, 2.05) is 20.8 Å².